The van der Waals surface area contributed by atoms with Crippen molar-refractivity contribution in [3.63, 3.8) is 0 Å². The van der Waals surface area contributed by atoms with Crippen molar-refractivity contribution in [3.05, 3.63) is 41.5 Å². The van der Waals surface area contributed by atoms with Crippen LogP contribution in [0.1, 0.15) is 12.0 Å². The van der Waals surface area contributed by atoms with Crippen molar-refractivity contribution < 1.29 is 32.5 Å². The van der Waals surface area contributed by atoms with Gasteiger partial charge < -0.3 is 24.9 Å². The Hall–Kier alpha value is -2.88. The topological polar surface area (TPSA) is 107 Å². The first-order chi connectivity index (χ1) is 13.2. The molecule has 1 aromatic rings. The molecule has 152 valence electrons. The van der Waals surface area contributed by atoms with E-state index in [0.717, 1.165) is 0 Å². The first-order valence-electron chi connectivity index (χ1n) is 8.38. The summed E-state index contributed by atoms with van der Waals surface area (Å²) in [6.45, 7) is -0.0262. The minimum atomic E-state index is -4.80. The lowest BCUT2D eigenvalue weighted by Gasteiger charge is -2.19. The molecule has 0 radical (unpaired) electrons. The molecule has 1 unspecified atom stereocenters. The highest BCUT2D eigenvalue weighted by molar-refractivity contribution is 5.96. The number of alkyl halides is 3. The van der Waals surface area contributed by atoms with Crippen molar-refractivity contribution in [1.82, 2.24) is 4.90 Å². The zero-order valence-electron chi connectivity index (χ0n) is 14.8. The summed E-state index contributed by atoms with van der Waals surface area (Å²) in [6.07, 6.45) is -4.36. The number of hydrogen-bond donors (Lipinski definition) is 3. The van der Waals surface area contributed by atoms with Gasteiger partial charge in [0.2, 0.25) is 5.90 Å². The predicted molar refractivity (Wildman–Crippen MR) is 94.6 cm³/mol. The lowest BCUT2D eigenvalue weighted by molar-refractivity contribution is -0.132. The molecule has 3 N–H and O–H groups in total. The van der Waals surface area contributed by atoms with Crippen LogP contribution in [0.2, 0.25) is 0 Å². The Morgan fingerprint density at radius 2 is 2.00 bits per heavy atom. The summed E-state index contributed by atoms with van der Waals surface area (Å²) in [7, 11) is 0. The van der Waals surface area contributed by atoms with Gasteiger partial charge in [0.15, 0.2) is 6.61 Å². The Bertz CT molecular complexity index is 747. The van der Waals surface area contributed by atoms with Gasteiger partial charge in [0, 0.05) is 19.2 Å². The quantitative estimate of drug-likeness (QED) is 0.483. The van der Waals surface area contributed by atoms with E-state index in [1.807, 2.05) is 0 Å². The maximum atomic E-state index is 12.9. The Balaban J connectivity index is 1.85. The number of rotatable bonds is 7. The summed E-state index contributed by atoms with van der Waals surface area (Å²) in [6, 6.07) is 6.55. The first kappa shape index (κ1) is 21.4. The van der Waals surface area contributed by atoms with E-state index in [9.17, 15) is 18.0 Å². The number of benzene rings is 1. The second-order valence-electron chi connectivity index (χ2n) is 6.03. The number of nitrogens with one attached hydrogen (secondary N) is 2. The SMILES string of the molecule is N=C/C=C(\C(=N)OC1CCN(C(=O)COc2ccc(CO)cc2)C1)C(F)(F)F. The van der Waals surface area contributed by atoms with Gasteiger partial charge in [-0.15, -0.1) is 0 Å². The molecule has 0 aromatic heterocycles. The van der Waals surface area contributed by atoms with E-state index in [1.165, 1.54) is 4.90 Å². The fourth-order valence-electron chi connectivity index (χ4n) is 2.59. The van der Waals surface area contributed by atoms with Crippen LogP contribution in [0.5, 0.6) is 5.75 Å². The van der Waals surface area contributed by atoms with E-state index in [4.69, 9.17) is 25.4 Å². The maximum absolute atomic E-state index is 12.9. The molecule has 0 bridgehead atoms. The molecule has 0 aliphatic carbocycles. The first-order valence-corrected chi connectivity index (χ1v) is 8.38. The van der Waals surface area contributed by atoms with Crippen LogP contribution in [0.15, 0.2) is 35.9 Å². The van der Waals surface area contributed by atoms with E-state index in [1.54, 1.807) is 24.3 Å². The fraction of sp³-hybridized carbons (Fsp3) is 0.389. The number of aliphatic hydroxyl groups excluding tert-OH is 1. The Morgan fingerprint density at radius 3 is 2.57 bits per heavy atom. The van der Waals surface area contributed by atoms with E-state index in [2.05, 4.69) is 0 Å². The van der Waals surface area contributed by atoms with Crippen LogP contribution < -0.4 is 4.74 Å². The third-order valence-electron chi connectivity index (χ3n) is 4.05. The fourth-order valence-corrected chi connectivity index (χ4v) is 2.59. The van der Waals surface area contributed by atoms with E-state index >= 15 is 0 Å². The minimum absolute atomic E-state index is 0.0454. The van der Waals surface area contributed by atoms with Crippen LogP contribution in [0.3, 0.4) is 0 Å². The summed E-state index contributed by atoms with van der Waals surface area (Å²) >= 11 is 0. The largest absolute Gasteiger partial charge is 0.484 e. The maximum Gasteiger partial charge on any atom is 0.421 e. The molecule has 1 saturated heterocycles. The number of carbonyl (C=O) groups is 1. The van der Waals surface area contributed by atoms with Gasteiger partial charge >= 0.3 is 6.18 Å². The number of likely N-dealkylation sites (tertiary alicyclic amines) is 1. The molecule has 28 heavy (non-hydrogen) atoms. The van der Waals surface area contributed by atoms with Crippen LogP contribution in [-0.4, -0.2) is 60.0 Å². The van der Waals surface area contributed by atoms with E-state index in [-0.39, 0.29) is 38.6 Å². The van der Waals surface area contributed by atoms with E-state index in [0.29, 0.717) is 23.6 Å². The number of ether oxygens (including phenoxy) is 2. The molecule has 1 aliphatic heterocycles. The predicted octanol–water partition coefficient (Wildman–Crippen LogP) is 2.29. The second-order valence-corrected chi connectivity index (χ2v) is 6.03. The van der Waals surface area contributed by atoms with Gasteiger partial charge in [0.25, 0.3) is 5.91 Å². The zero-order valence-corrected chi connectivity index (χ0v) is 14.8. The van der Waals surface area contributed by atoms with Crippen molar-refractivity contribution in [3.8, 4) is 5.75 Å². The summed E-state index contributed by atoms with van der Waals surface area (Å²) < 4.78 is 49.0. The van der Waals surface area contributed by atoms with Gasteiger partial charge in [-0.3, -0.25) is 10.2 Å². The molecule has 1 amide bonds. The molecule has 7 nitrogen and oxygen atoms in total. The lowest BCUT2D eigenvalue weighted by atomic mass is 10.2. The minimum Gasteiger partial charge on any atom is -0.484 e. The number of amides is 1. The number of carbonyl (C=O) groups excluding carboxylic acids is 1. The van der Waals surface area contributed by atoms with Gasteiger partial charge in [-0.2, -0.15) is 13.2 Å². The van der Waals surface area contributed by atoms with Crippen molar-refractivity contribution >= 4 is 18.0 Å². The normalized spacial score (nSPS) is 17.4. The van der Waals surface area contributed by atoms with Gasteiger partial charge in [-0.1, -0.05) is 12.1 Å². The molecule has 0 spiro atoms. The number of allylic oxidation sites excluding steroid dienone is 1. The number of hydrogen-bond acceptors (Lipinski definition) is 6. The van der Waals surface area contributed by atoms with Gasteiger partial charge in [-0.25, -0.2) is 0 Å². The average Bonchev–Trinajstić information content (AvgIpc) is 3.12. The standard InChI is InChI=1S/C18H20F3N3O4/c19-18(20,21)15(5-7-22)17(23)28-14-6-8-24(9-14)16(26)11-27-13-3-1-12(10-25)2-4-13/h1-5,7,14,22-23,25H,6,8-11H2/b15-5+,22-7?,23-17?. The van der Waals surface area contributed by atoms with Crippen molar-refractivity contribution in [2.24, 2.45) is 0 Å². The smallest absolute Gasteiger partial charge is 0.421 e. The Labute approximate surface area is 159 Å². The van der Waals surface area contributed by atoms with Gasteiger partial charge in [0.1, 0.15) is 17.4 Å². The molecule has 1 aromatic carbocycles. The lowest BCUT2D eigenvalue weighted by Crippen LogP contribution is -2.35. The van der Waals surface area contributed by atoms with Crippen molar-refractivity contribution in [1.29, 1.82) is 10.8 Å². The molecule has 1 heterocycles. The van der Waals surface area contributed by atoms with Crippen LogP contribution >= 0.6 is 0 Å². The molecule has 1 fully saturated rings. The molecule has 0 saturated carbocycles. The summed E-state index contributed by atoms with van der Waals surface area (Å²) in [5, 5.41) is 23.3. The molecule has 10 heteroatoms. The van der Waals surface area contributed by atoms with Crippen molar-refractivity contribution in [2.45, 2.75) is 25.3 Å². The molecule has 2 rings (SSSR count). The Kier molecular flexibility index (Phi) is 7.16. The molecular weight excluding hydrogens is 379 g/mol. The number of halogens is 3. The molecule has 1 atom stereocenters. The number of nitrogens with zero attached hydrogens (tertiary/aromatic N) is 1. The summed E-state index contributed by atoms with van der Waals surface area (Å²) in [4.78, 5) is 13.6. The highest BCUT2D eigenvalue weighted by Crippen LogP contribution is 2.27. The van der Waals surface area contributed by atoms with Crippen LogP contribution in [0.25, 0.3) is 0 Å². The third-order valence-corrected chi connectivity index (χ3v) is 4.05. The molecular formula is C18H20F3N3O4. The highest BCUT2D eigenvalue weighted by Gasteiger charge is 2.39. The van der Waals surface area contributed by atoms with Gasteiger partial charge in [-0.05, 0) is 23.8 Å². The van der Waals surface area contributed by atoms with Crippen LogP contribution in [-0.2, 0) is 16.1 Å². The monoisotopic (exact) mass is 399 g/mol. The molecule has 1 aliphatic rings. The summed E-state index contributed by atoms with van der Waals surface area (Å²) in [5.74, 6) is -0.976. The average molecular weight is 399 g/mol. The highest BCUT2D eigenvalue weighted by atomic mass is 19.4. The van der Waals surface area contributed by atoms with Gasteiger partial charge in [0.05, 0.1) is 13.2 Å². The number of aliphatic hydroxyl groups is 1. The van der Waals surface area contributed by atoms with E-state index < -0.39 is 23.8 Å². The van der Waals surface area contributed by atoms with Crippen LogP contribution in [0, 0.1) is 10.8 Å². The van der Waals surface area contributed by atoms with Crippen molar-refractivity contribution in [2.75, 3.05) is 19.7 Å². The van der Waals surface area contributed by atoms with Crippen LogP contribution in [0.4, 0.5) is 13.2 Å². The Morgan fingerprint density at radius 1 is 1.32 bits per heavy atom. The second kappa shape index (κ2) is 9.36. The zero-order chi connectivity index (χ0) is 20.7. The third kappa shape index (κ3) is 5.81. The summed E-state index contributed by atoms with van der Waals surface area (Å²) in [5.41, 5.74) is -0.641.